The number of thioether (sulfide) groups is 1. The minimum Gasteiger partial charge on any atom is -0.354 e. The van der Waals surface area contributed by atoms with Crippen molar-refractivity contribution in [1.29, 1.82) is 0 Å². The van der Waals surface area contributed by atoms with Crippen LogP contribution in [0.3, 0.4) is 0 Å². The first kappa shape index (κ1) is 17.1. The molecule has 0 aromatic carbocycles. The second-order valence-corrected chi connectivity index (χ2v) is 8.30. The molecule has 1 amide bonds. The fourth-order valence-electron chi connectivity index (χ4n) is 4.01. The summed E-state index contributed by atoms with van der Waals surface area (Å²) in [7, 11) is 0. The molecule has 4 heteroatoms. The average Bonchev–Trinajstić information content (AvgIpc) is 2.80. The molecule has 0 atom stereocenters. The first-order chi connectivity index (χ1) is 10.2. The molecule has 0 aromatic heterocycles. The van der Waals surface area contributed by atoms with Gasteiger partial charge in [0, 0.05) is 17.8 Å². The molecule has 0 saturated heterocycles. The van der Waals surface area contributed by atoms with Crippen LogP contribution in [0.5, 0.6) is 0 Å². The van der Waals surface area contributed by atoms with Crippen LogP contribution >= 0.6 is 11.8 Å². The van der Waals surface area contributed by atoms with Gasteiger partial charge in [0.2, 0.25) is 5.91 Å². The monoisotopic (exact) mass is 312 g/mol. The summed E-state index contributed by atoms with van der Waals surface area (Å²) < 4.78 is 0.272. The topological polar surface area (TPSA) is 55.1 Å². The van der Waals surface area contributed by atoms with Crippen molar-refractivity contribution in [3.05, 3.63) is 0 Å². The van der Waals surface area contributed by atoms with Crippen molar-refractivity contribution in [2.45, 2.75) is 75.4 Å². The summed E-state index contributed by atoms with van der Waals surface area (Å²) in [6.07, 6.45) is 15.4. The van der Waals surface area contributed by atoms with Gasteiger partial charge in [0.05, 0.1) is 5.41 Å². The van der Waals surface area contributed by atoms with E-state index in [0.29, 0.717) is 6.54 Å². The Labute approximate surface area is 134 Å². The molecular weight excluding hydrogens is 280 g/mol. The summed E-state index contributed by atoms with van der Waals surface area (Å²) in [5.41, 5.74) is 5.73. The van der Waals surface area contributed by atoms with E-state index in [9.17, 15) is 4.79 Å². The second-order valence-electron chi connectivity index (χ2n) is 7.03. The molecule has 3 nitrogen and oxygen atoms in total. The molecule has 21 heavy (non-hydrogen) atoms. The highest BCUT2D eigenvalue weighted by atomic mass is 32.2. The fourth-order valence-corrected chi connectivity index (χ4v) is 4.92. The van der Waals surface area contributed by atoms with E-state index in [4.69, 9.17) is 5.73 Å². The molecule has 2 saturated carbocycles. The van der Waals surface area contributed by atoms with Gasteiger partial charge in [0.1, 0.15) is 0 Å². The van der Waals surface area contributed by atoms with Crippen LogP contribution in [-0.2, 0) is 4.79 Å². The highest BCUT2D eigenvalue weighted by Gasteiger charge is 2.39. The Balaban J connectivity index is 1.95. The standard InChI is InChI=1S/C17H32N2OS/c1-21-17(11-7-4-8-12-17)14-19-15(20)16(13-18)9-5-2-3-6-10-16/h2-14,18H2,1H3,(H,19,20). The zero-order valence-electron chi connectivity index (χ0n) is 13.6. The third kappa shape index (κ3) is 4.16. The number of nitrogens with one attached hydrogen (secondary N) is 1. The quantitative estimate of drug-likeness (QED) is 0.764. The number of hydrogen-bond acceptors (Lipinski definition) is 3. The SMILES string of the molecule is CSC1(CNC(=O)C2(CN)CCCCCC2)CCCCC1. The largest absolute Gasteiger partial charge is 0.354 e. The maximum absolute atomic E-state index is 12.8. The number of hydrogen-bond donors (Lipinski definition) is 2. The van der Waals surface area contributed by atoms with E-state index < -0.39 is 0 Å². The highest BCUT2D eigenvalue weighted by Crippen LogP contribution is 2.39. The zero-order valence-corrected chi connectivity index (χ0v) is 14.4. The van der Waals surface area contributed by atoms with Crippen LogP contribution in [-0.4, -0.2) is 30.0 Å². The van der Waals surface area contributed by atoms with Gasteiger partial charge < -0.3 is 11.1 Å². The lowest BCUT2D eigenvalue weighted by atomic mass is 9.79. The summed E-state index contributed by atoms with van der Waals surface area (Å²) >= 11 is 1.95. The van der Waals surface area contributed by atoms with Crippen LogP contribution in [0.4, 0.5) is 0 Å². The van der Waals surface area contributed by atoms with E-state index in [1.54, 1.807) is 0 Å². The van der Waals surface area contributed by atoms with Crippen molar-refractivity contribution in [2.24, 2.45) is 11.1 Å². The van der Waals surface area contributed by atoms with Gasteiger partial charge in [-0.05, 0) is 31.9 Å². The predicted octanol–water partition coefficient (Wildman–Crippen LogP) is 3.47. The van der Waals surface area contributed by atoms with Crippen molar-refractivity contribution in [2.75, 3.05) is 19.3 Å². The lowest BCUT2D eigenvalue weighted by Gasteiger charge is -2.38. The summed E-state index contributed by atoms with van der Waals surface area (Å²) in [6, 6.07) is 0. The summed E-state index contributed by atoms with van der Waals surface area (Å²) in [5, 5.41) is 3.29. The maximum atomic E-state index is 12.8. The minimum atomic E-state index is -0.287. The van der Waals surface area contributed by atoms with Crippen LogP contribution < -0.4 is 11.1 Å². The van der Waals surface area contributed by atoms with E-state index in [1.165, 1.54) is 44.9 Å². The van der Waals surface area contributed by atoms with E-state index >= 15 is 0 Å². The third-order valence-electron chi connectivity index (χ3n) is 5.70. The Morgan fingerprint density at radius 2 is 1.52 bits per heavy atom. The van der Waals surface area contributed by atoms with Crippen LogP contribution in [0.1, 0.15) is 70.6 Å². The third-order valence-corrected chi connectivity index (χ3v) is 7.12. The molecule has 2 rings (SSSR count). The summed E-state index contributed by atoms with van der Waals surface area (Å²) in [4.78, 5) is 12.8. The van der Waals surface area contributed by atoms with Gasteiger partial charge in [-0.25, -0.2) is 0 Å². The molecule has 2 fully saturated rings. The number of rotatable bonds is 5. The van der Waals surface area contributed by atoms with Gasteiger partial charge >= 0.3 is 0 Å². The molecule has 0 bridgehead atoms. The van der Waals surface area contributed by atoms with Crippen LogP contribution in [0.25, 0.3) is 0 Å². The molecular formula is C17H32N2OS. The maximum Gasteiger partial charge on any atom is 0.227 e. The molecule has 122 valence electrons. The van der Waals surface area contributed by atoms with Crippen molar-refractivity contribution in [3.8, 4) is 0 Å². The Hall–Kier alpha value is -0.220. The predicted molar refractivity (Wildman–Crippen MR) is 91.5 cm³/mol. The normalized spacial score (nSPS) is 25.0. The Morgan fingerprint density at radius 1 is 1.00 bits per heavy atom. The molecule has 2 aliphatic carbocycles. The number of nitrogens with two attached hydrogens (primary N) is 1. The van der Waals surface area contributed by atoms with E-state index in [1.807, 2.05) is 11.8 Å². The molecule has 0 radical (unpaired) electrons. The zero-order chi connectivity index (χ0) is 15.2. The van der Waals surface area contributed by atoms with Crippen molar-refractivity contribution in [1.82, 2.24) is 5.32 Å². The molecule has 0 aliphatic heterocycles. The van der Waals surface area contributed by atoms with Gasteiger partial charge in [0.15, 0.2) is 0 Å². The Morgan fingerprint density at radius 3 is 2.05 bits per heavy atom. The Bertz CT molecular complexity index is 332. The van der Waals surface area contributed by atoms with E-state index in [2.05, 4.69) is 11.6 Å². The summed E-state index contributed by atoms with van der Waals surface area (Å²) in [5.74, 6) is 0.228. The molecule has 0 spiro atoms. The Kier molecular flexibility index (Phi) is 6.42. The van der Waals surface area contributed by atoms with Gasteiger partial charge in [0.25, 0.3) is 0 Å². The first-order valence-corrected chi connectivity index (χ1v) is 9.92. The number of carbonyl (C=O) groups is 1. The second kappa shape index (κ2) is 7.87. The van der Waals surface area contributed by atoms with Gasteiger partial charge in [-0.2, -0.15) is 11.8 Å². The average molecular weight is 313 g/mol. The van der Waals surface area contributed by atoms with Gasteiger partial charge in [-0.1, -0.05) is 44.9 Å². The number of carbonyl (C=O) groups excluding carboxylic acids is 1. The van der Waals surface area contributed by atoms with Crippen LogP contribution in [0.2, 0.25) is 0 Å². The van der Waals surface area contributed by atoms with E-state index in [0.717, 1.165) is 32.2 Å². The van der Waals surface area contributed by atoms with Crippen LogP contribution in [0, 0.1) is 5.41 Å². The van der Waals surface area contributed by atoms with Crippen molar-refractivity contribution < 1.29 is 4.79 Å². The lowest BCUT2D eigenvalue weighted by molar-refractivity contribution is -0.131. The highest BCUT2D eigenvalue weighted by molar-refractivity contribution is 8.00. The van der Waals surface area contributed by atoms with Crippen molar-refractivity contribution >= 4 is 17.7 Å². The minimum absolute atomic E-state index is 0.228. The number of amides is 1. The van der Waals surface area contributed by atoms with Gasteiger partial charge in [-0.3, -0.25) is 4.79 Å². The molecule has 2 aliphatic rings. The lowest BCUT2D eigenvalue weighted by Crippen LogP contribution is -2.50. The molecule has 0 heterocycles. The van der Waals surface area contributed by atoms with E-state index in [-0.39, 0.29) is 16.1 Å². The smallest absolute Gasteiger partial charge is 0.227 e. The molecule has 0 unspecified atom stereocenters. The summed E-state index contributed by atoms with van der Waals surface area (Å²) in [6.45, 7) is 1.33. The molecule has 0 aromatic rings. The first-order valence-electron chi connectivity index (χ1n) is 8.70. The van der Waals surface area contributed by atoms with Crippen LogP contribution in [0.15, 0.2) is 0 Å². The van der Waals surface area contributed by atoms with Crippen molar-refractivity contribution in [3.63, 3.8) is 0 Å². The fraction of sp³-hybridized carbons (Fsp3) is 0.941. The van der Waals surface area contributed by atoms with Gasteiger partial charge in [-0.15, -0.1) is 0 Å². The molecule has 3 N–H and O–H groups in total.